The summed E-state index contributed by atoms with van der Waals surface area (Å²) in [5.41, 5.74) is 2.73. The van der Waals surface area contributed by atoms with Crippen LogP contribution in [0.3, 0.4) is 0 Å². The predicted molar refractivity (Wildman–Crippen MR) is 94.0 cm³/mol. The molecular formula is C18H28N2O2S. The Morgan fingerprint density at radius 2 is 1.83 bits per heavy atom. The lowest BCUT2D eigenvalue weighted by Gasteiger charge is -2.33. The van der Waals surface area contributed by atoms with E-state index in [1.54, 1.807) is 4.31 Å². The van der Waals surface area contributed by atoms with Crippen LogP contribution in [0.2, 0.25) is 0 Å². The molecule has 1 aromatic carbocycles. The molecule has 0 radical (unpaired) electrons. The summed E-state index contributed by atoms with van der Waals surface area (Å²) >= 11 is 0. The van der Waals surface area contributed by atoms with Crippen molar-refractivity contribution in [2.24, 2.45) is 0 Å². The number of nitrogens with one attached hydrogen (secondary N) is 1. The fourth-order valence-corrected chi connectivity index (χ4v) is 5.36. The maximum Gasteiger partial charge on any atom is 0.216 e. The molecule has 5 heteroatoms. The molecule has 0 spiro atoms. The zero-order valence-electron chi connectivity index (χ0n) is 14.2. The quantitative estimate of drug-likeness (QED) is 0.868. The van der Waals surface area contributed by atoms with Crippen LogP contribution in [0.25, 0.3) is 0 Å². The van der Waals surface area contributed by atoms with E-state index in [1.165, 1.54) is 11.1 Å². The van der Waals surface area contributed by atoms with Crippen molar-refractivity contribution in [3.63, 3.8) is 0 Å². The van der Waals surface area contributed by atoms with E-state index in [4.69, 9.17) is 0 Å². The van der Waals surface area contributed by atoms with Gasteiger partial charge < -0.3 is 5.32 Å². The number of hydrogen-bond donors (Lipinski definition) is 1. The maximum atomic E-state index is 12.3. The zero-order chi connectivity index (χ0) is 16.4. The van der Waals surface area contributed by atoms with Crippen LogP contribution in [0.15, 0.2) is 24.3 Å². The Bertz CT molecular complexity index is 632. The van der Waals surface area contributed by atoms with Gasteiger partial charge in [0.1, 0.15) is 0 Å². The van der Waals surface area contributed by atoms with Crippen LogP contribution in [0.4, 0.5) is 0 Å². The number of piperidine rings is 1. The van der Waals surface area contributed by atoms with Gasteiger partial charge in [-0.2, -0.15) is 0 Å². The summed E-state index contributed by atoms with van der Waals surface area (Å²) in [6, 6.07) is 9.36. The summed E-state index contributed by atoms with van der Waals surface area (Å²) in [6.07, 6.45) is 4.57. The first-order valence-corrected chi connectivity index (χ1v) is 10.3. The summed E-state index contributed by atoms with van der Waals surface area (Å²) in [6.45, 7) is 5.73. The van der Waals surface area contributed by atoms with Gasteiger partial charge in [0.2, 0.25) is 10.0 Å². The molecular weight excluding hydrogens is 308 g/mol. The second-order valence-corrected chi connectivity index (χ2v) is 9.33. The fraction of sp³-hybridized carbons (Fsp3) is 0.667. The van der Waals surface area contributed by atoms with Crippen LogP contribution >= 0.6 is 0 Å². The maximum absolute atomic E-state index is 12.3. The number of nitrogens with zero attached hydrogens (tertiary/aromatic N) is 1. The topological polar surface area (TPSA) is 49.4 Å². The molecule has 1 saturated carbocycles. The molecule has 1 aliphatic carbocycles. The molecule has 3 rings (SSSR count). The lowest BCUT2D eigenvalue weighted by atomic mass is 10.00. The van der Waals surface area contributed by atoms with Crippen molar-refractivity contribution in [2.75, 3.05) is 13.1 Å². The van der Waals surface area contributed by atoms with E-state index in [1.807, 2.05) is 0 Å². The lowest BCUT2D eigenvalue weighted by Crippen LogP contribution is -2.48. The number of rotatable bonds is 6. The second kappa shape index (κ2) is 6.91. The van der Waals surface area contributed by atoms with Crippen molar-refractivity contribution < 1.29 is 8.42 Å². The fourth-order valence-electron chi connectivity index (χ4n) is 3.48. The van der Waals surface area contributed by atoms with Crippen LogP contribution in [0, 0.1) is 6.92 Å². The molecule has 128 valence electrons. The number of sulfonamides is 1. The molecule has 1 N–H and O–H groups in total. The zero-order valence-corrected chi connectivity index (χ0v) is 15.0. The summed E-state index contributed by atoms with van der Waals surface area (Å²) in [5.74, 6) is 0. The van der Waals surface area contributed by atoms with E-state index in [0.29, 0.717) is 25.2 Å². The number of aryl methyl sites for hydroxylation is 1. The van der Waals surface area contributed by atoms with Gasteiger partial charge >= 0.3 is 0 Å². The van der Waals surface area contributed by atoms with Crippen molar-refractivity contribution in [1.29, 1.82) is 0 Å². The first kappa shape index (κ1) is 16.9. The minimum absolute atomic E-state index is 0.0769. The molecule has 1 heterocycles. The van der Waals surface area contributed by atoms with Crippen LogP contribution < -0.4 is 5.32 Å². The van der Waals surface area contributed by atoms with Gasteiger partial charge in [-0.1, -0.05) is 24.3 Å². The van der Waals surface area contributed by atoms with Crippen LogP contribution in [-0.4, -0.2) is 43.1 Å². The highest BCUT2D eigenvalue weighted by atomic mass is 32.2. The van der Waals surface area contributed by atoms with Gasteiger partial charge in [-0.3, -0.25) is 0 Å². The standard InChI is InChI=1S/C18H28N2O2S/c1-14-5-3-4-6-16(14)13-15(2)19-17-9-11-20(12-10-17)23(21,22)18-7-8-18/h3-6,15,17-19H,7-13H2,1-2H3. The normalized spacial score (nSPS) is 22.2. The van der Waals surface area contributed by atoms with Crippen molar-refractivity contribution in [3.8, 4) is 0 Å². The van der Waals surface area contributed by atoms with E-state index in [9.17, 15) is 8.42 Å². The summed E-state index contributed by atoms with van der Waals surface area (Å²) in [7, 11) is -2.99. The van der Waals surface area contributed by atoms with Gasteiger partial charge in [0.25, 0.3) is 0 Å². The van der Waals surface area contributed by atoms with Gasteiger partial charge in [0, 0.05) is 25.2 Å². The molecule has 0 aromatic heterocycles. The van der Waals surface area contributed by atoms with E-state index in [2.05, 4.69) is 43.4 Å². The third kappa shape index (κ3) is 4.14. The molecule has 1 aromatic rings. The average molecular weight is 337 g/mol. The van der Waals surface area contributed by atoms with E-state index < -0.39 is 10.0 Å². The summed E-state index contributed by atoms with van der Waals surface area (Å²) < 4.78 is 26.2. The minimum atomic E-state index is -2.99. The molecule has 2 fully saturated rings. The first-order valence-electron chi connectivity index (χ1n) is 8.76. The number of benzene rings is 1. The Morgan fingerprint density at radius 1 is 1.17 bits per heavy atom. The van der Waals surface area contributed by atoms with E-state index >= 15 is 0 Å². The largest absolute Gasteiger partial charge is 0.311 e. The SMILES string of the molecule is Cc1ccccc1CC(C)NC1CCN(S(=O)(=O)C2CC2)CC1. The molecule has 23 heavy (non-hydrogen) atoms. The smallest absolute Gasteiger partial charge is 0.216 e. The van der Waals surface area contributed by atoms with Crippen LogP contribution in [0.5, 0.6) is 0 Å². The highest BCUT2D eigenvalue weighted by Gasteiger charge is 2.41. The first-order chi connectivity index (χ1) is 11.0. The van der Waals surface area contributed by atoms with Gasteiger partial charge in [0.05, 0.1) is 5.25 Å². The third-order valence-electron chi connectivity index (χ3n) is 5.07. The Hall–Kier alpha value is -0.910. The van der Waals surface area contributed by atoms with Gasteiger partial charge in [-0.05, 0) is 57.1 Å². The highest BCUT2D eigenvalue weighted by molar-refractivity contribution is 7.90. The minimum Gasteiger partial charge on any atom is -0.311 e. The lowest BCUT2D eigenvalue weighted by molar-refractivity contribution is 0.275. The summed E-state index contributed by atoms with van der Waals surface area (Å²) in [5, 5.41) is 3.61. The van der Waals surface area contributed by atoms with E-state index in [0.717, 1.165) is 32.1 Å². The van der Waals surface area contributed by atoms with Crippen molar-refractivity contribution >= 4 is 10.0 Å². The highest BCUT2D eigenvalue weighted by Crippen LogP contribution is 2.32. The Kier molecular flexibility index (Phi) is 5.09. The average Bonchev–Trinajstić information content (AvgIpc) is 3.35. The van der Waals surface area contributed by atoms with Crippen molar-refractivity contribution in [2.45, 2.75) is 63.3 Å². The van der Waals surface area contributed by atoms with Gasteiger partial charge in [-0.15, -0.1) is 0 Å². The molecule has 2 aliphatic rings. The third-order valence-corrected chi connectivity index (χ3v) is 7.47. The molecule has 0 amide bonds. The van der Waals surface area contributed by atoms with E-state index in [-0.39, 0.29) is 5.25 Å². The van der Waals surface area contributed by atoms with Crippen molar-refractivity contribution in [3.05, 3.63) is 35.4 Å². The molecule has 1 saturated heterocycles. The monoisotopic (exact) mass is 336 g/mol. The van der Waals surface area contributed by atoms with Crippen molar-refractivity contribution in [1.82, 2.24) is 9.62 Å². The Morgan fingerprint density at radius 3 is 2.43 bits per heavy atom. The second-order valence-electron chi connectivity index (χ2n) is 7.12. The molecule has 1 atom stereocenters. The molecule has 1 aliphatic heterocycles. The molecule has 4 nitrogen and oxygen atoms in total. The predicted octanol–water partition coefficient (Wildman–Crippen LogP) is 2.47. The van der Waals surface area contributed by atoms with Gasteiger partial charge in [0.15, 0.2) is 0 Å². The van der Waals surface area contributed by atoms with Gasteiger partial charge in [-0.25, -0.2) is 12.7 Å². The summed E-state index contributed by atoms with van der Waals surface area (Å²) in [4.78, 5) is 0. The Balaban J connectivity index is 1.48. The van der Waals surface area contributed by atoms with Crippen LogP contribution in [-0.2, 0) is 16.4 Å². The van der Waals surface area contributed by atoms with Crippen LogP contribution in [0.1, 0.15) is 43.7 Å². The molecule has 1 unspecified atom stereocenters. The molecule has 0 bridgehead atoms. The number of hydrogen-bond acceptors (Lipinski definition) is 3. The Labute approximate surface area is 140 Å².